The highest BCUT2D eigenvalue weighted by atomic mass is 15.3. The van der Waals surface area contributed by atoms with E-state index >= 15 is 0 Å². The first-order valence-corrected chi connectivity index (χ1v) is 6.61. The van der Waals surface area contributed by atoms with Crippen LogP contribution in [0.3, 0.4) is 0 Å². The second-order valence-corrected chi connectivity index (χ2v) is 4.79. The van der Waals surface area contributed by atoms with Crippen molar-refractivity contribution in [2.45, 2.75) is 13.3 Å². The Balaban J connectivity index is 1.96. The fraction of sp³-hybridized carbons (Fsp3) is 0.200. The second kappa shape index (κ2) is 4.85. The number of nitrogens with zero attached hydrogens (tertiary/aromatic N) is 3. The molecule has 2 aromatic heterocycles. The van der Waals surface area contributed by atoms with Gasteiger partial charge in [-0.1, -0.05) is 6.92 Å². The molecule has 0 radical (unpaired) electrons. The van der Waals surface area contributed by atoms with Gasteiger partial charge in [-0.2, -0.15) is 5.10 Å². The first-order chi connectivity index (χ1) is 9.65. The Bertz CT molecular complexity index is 760. The maximum Gasteiger partial charge on any atom is 0.131 e. The van der Waals surface area contributed by atoms with Crippen molar-refractivity contribution < 1.29 is 0 Å². The van der Waals surface area contributed by atoms with E-state index in [-0.39, 0.29) is 0 Å². The standard InChI is InChI=1S/C15H17N5/c1-3-12-14(9-20(2)19-12)18-15-7-4-10-8-11(16)5-6-13(10)17-15/h4-9H,3,16H2,1-2H3,(H,17,18). The predicted molar refractivity (Wildman–Crippen MR) is 82.0 cm³/mol. The number of aromatic nitrogens is 3. The Labute approximate surface area is 117 Å². The van der Waals surface area contributed by atoms with E-state index in [1.807, 2.05) is 48.3 Å². The summed E-state index contributed by atoms with van der Waals surface area (Å²) in [6, 6.07) is 9.69. The molecule has 0 aliphatic carbocycles. The lowest BCUT2D eigenvalue weighted by Crippen LogP contribution is -1.96. The van der Waals surface area contributed by atoms with Gasteiger partial charge in [0, 0.05) is 24.3 Å². The summed E-state index contributed by atoms with van der Waals surface area (Å²) in [7, 11) is 1.92. The molecular formula is C15H17N5. The number of nitrogen functional groups attached to an aromatic ring is 1. The third-order valence-electron chi connectivity index (χ3n) is 3.22. The number of fused-ring (bicyclic) bond motifs is 1. The summed E-state index contributed by atoms with van der Waals surface area (Å²) >= 11 is 0. The molecule has 0 amide bonds. The van der Waals surface area contributed by atoms with Gasteiger partial charge in [-0.15, -0.1) is 0 Å². The molecule has 2 heterocycles. The van der Waals surface area contributed by atoms with Gasteiger partial charge in [0.1, 0.15) is 5.82 Å². The molecule has 0 bridgehead atoms. The molecule has 20 heavy (non-hydrogen) atoms. The molecule has 1 aromatic carbocycles. The number of nitrogens with two attached hydrogens (primary N) is 1. The van der Waals surface area contributed by atoms with Crippen LogP contribution >= 0.6 is 0 Å². The second-order valence-electron chi connectivity index (χ2n) is 4.79. The van der Waals surface area contributed by atoms with Crippen molar-refractivity contribution in [3.63, 3.8) is 0 Å². The maximum absolute atomic E-state index is 5.77. The van der Waals surface area contributed by atoms with Gasteiger partial charge in [0.2, 0.25) is 0 Å². The van der Waals surface area contributed by atoms with Crippen LogP contribution in [0.25, 0.3) is 10.9 Å². The van der Waals surface area contributed by atoms with Gasteiger partial charge < -0.3 is 11.1 Å². The smallest absolute Gasteiger partial charge is 0.131 e. The minimum absolute atomic E-state index is 0.750. The van der Waals surface area contributed by atoms with E-state index in [9.17, 15) is 0 Å². The zero-order chi connectivity index (χ0) is 14.1. The van der Waals surface area contributed by atoms with Crippen LogP contribution in [0.4, 0.5) is 17.2 Å². The topological polar surface area (TPSA) is 68.8 Å². The van der Waals surface area contributed by atoms with Crippen LogP contribution in [0, 0.1) is 0 Å². The molecule has 0 fully saturated rings. The van der Waals surface area contributed by atoms with Crippen molar-refractivity contribution in [1.29, 1.82) is 0 Å². The van der Waals surface area contributed by atoms with Crippen LogP contribution in [-0.4, -0.2) is 14.8 Å². The molecule has 0 aliphatic heterocycles. The summed E-state index contributed by atoms with van der Waals surface area (Å²) in [4.78, 5) is 4.59. The van der Waals surface area contributed by atoms with E-state index in [0.29, 0.717) is 0 Å². The lowest BCUT2D eigenvalue weighted by atomic mass is 10.2. The molecule has 5 nitrogen and oxygen atoms in total. The molecule has 5 heteroatoms. The quantitative estimate of drug-likeness (QED) is 0.716. The van der Waals surface area contributed by atoms with Crippen LogP contribution in [0.15, 0.2) is 36.5 Å². The molecular weight excluding hydrogens is 250 g/mol. The minimum Gasteiger partial charge on any atom is -0.399 e. The first-order valence-electron chi connectivity index (χ1n) is 6.61. The van der Waals surface area contributed by atoms with Gasteiger partial charge in [-0.3, -0.25) is 4.68 Å². The van der Waals surface area contributed by atoms with Crippen LogP contribution in [0.1, 0.15) is 12.6 Å². The average Bonchev–Trinajstić information content (AvgIpc) is 2.79. The third kappa shape index (κ3) is 2.30. The van der Waals surface area contributed by atoms with E-state index in [4.69, 9.17) is 5.73 Å². The number of pyridine rings is 1. The number of hydrogen-bond acceptors (Lipinski definition) is 4. The van der Waals surface area contributed by atoms with Gasteiger partial charge >= 0.3 is 0 Å². The molecule has 3 aromatic rings. The monoisotopic (exact) mass is 267 g/mol. The minimum atomic E-state index is 0.750. The van der Waals surface area contributed by atoms with Crippen molar-refractivity contribution in [1.82, 2.24) is 14.8 Å². The van der Waals surface area contributed by atoms with Gasteiger partial charge in [0.25, 0.3) is 0 Å². The van der Waals surface area contributed by atoms with Gasteiger partial charge in [0.15, 0.2) is 0 Å². The van der Waals surface area contributed by atoms with Crippen LogP contribution in [0.2, 0.25) is 0 Å². The van der Waals surface area contributed by atoms with Crippen molar-refractivity contribution in [2.75, 3.05) is 11.1 Å². The number of nitrogens with one attached hydrogen (secondary N) is 1. The van der Waals surface area contributed by atoms with E-state index in [1.165, 1.54) is 0 Å². The van der Waals surface area contributed by atoms with Crippen molar-refractivity contribution in [3.05, 3.63) is 42.2 Å². The number of hydrogen-bond donors (Lipinski definition) is 2. The van der Waals surface area contributed by atoms with Crippen LogP contribution in [-0.2, 0) is 13.5 Å². The molecule has 3 N–H and O–H groups in total. The molecule has 0 aliphatic rings. The molecule has 3 rings (SSSR count). The highest BCUT2D eigenvalue weighted by molar-refractivity contribution is 5.83. The van der Waals surface area contributed by atoms with Gasteiger partial charge in [0.05, 0.1) is 16.9 Å². The highest BCUT2D eigenvalue weighted by Gasteiger charge is 2.07. The number of rotatable bonds is 3. The van der Waals surface area contributed by atoms with Crippen molar-refractivity contribution >= 4 is 28.1 Å². The average molecular weight is 267 g/mol. The van der Waals surface area contributed by atoms with E-state index in [0.717, 1.165) is 40.2 Å². The van der Waals surface area contributed by atoms with Crippen LogP contribution < -0.4 is 11.1 Å². The van der Waals surface area contributed by atoms with E-state index in [1.54, 1.807) is 0 Å². The summed E-state index contributed by atoms with van der Waals surface area (Å²) < 4.78 is 1.81. The molecule has 0 saturated carbocycles. The van der Waals surface area contributed by atoms with Gasteiger partial charge in [-0.25, -0.2) is 4.98 Å². The zero-order valence-corrected chi connectivity index (χ0v) is 11.6. The first kappa shape index (κ1) is 12.5. The lowest BCUT2D eigenvalue weighted by molar-refractivity contribution is 0.746. The molecule has 0 unspecified atom stereocenters. The summed E-state index contributed by atoms with van der Waals surface area (Å²) in [6.45, 7) is 2.09. The Kier molecular flexibility index (Phi) is 3.02. The Morgan fingerprint density at radius 3 is 2.90 bits per heavy atom. The Hall–Kier alpha value is -2.56. The van der Waals surface area contributed by atoms with E-state index < -0.39 is 0 Å². The van der Waals surface area contributed by atoms with E-state index in [2.05, 4.69) is 22.3 Å². The maximum atomic E-state index is 5.77. The van der Waals surface area contributed by atoms with Crippen LogP contribution in [0.5, 0.6) is 0 Å². The highest BCUT2D eigenvalue weighted by Crippen LogP contribution is 2.22. The normalized spacial score (nSPS) is 10.9. The predicted octanol–water partition coefficient (Wildman–Crippen LogP) is 2.86. The van der Waals surface area contributed by atoms with Gasteiger partial charge in [-0.05, 0) is 36.8 Å². The Morgan fingerprint density at radius 1 is 1.25 bits per heavy atom. The summed E-state index contributed by atoms with van der Waals surface area (Å²) in [5.74, 6) is 0.810. The summed E-state index contributed by atoms with van der Waals surface area (Å²) in [6.07, 6.45) is 2.85. The number of benzene rings is 1. The molecule has 102 valence electrons. The van der Waals surface area contributed by atoms with Crippen molar-refractivity contribution in [2.24, 2.45) is 7.05 Å². The summed E-state index contributed by atoms with van der Waals surface area (Å²) in [5.41, 5.74) is 9.48. The lowest BCUT2D eigenvalue weighted by Gasteiger charge is -2.06. The largest absolute Gasteiger partial charge is 0.399 e. The number of anilines is 3. The Morgan fingerprint density at radius 2 is 2.10 bits per heavy atom. The molecule has 0 atom stereocenters. The fourth-order valence-corrected chi connectivity index (χ4v) is 2.25. The molecule has 0 spiro atoms. The fourth-order valence-electron chi connectivity index (χ4n) is 2.25. The number of aryl methyl sites for hydroxylation is 2. The SMILES string of the molecule is CCc1nn(C)cc1Nc1ccc2cc(N)ccc2n1. The third-order valence-corrected chi connectivity index (χ3v) is 3.22. The zero-order valence-electron chi connectivity index (χ0n) is 11.6. The summed E-state index contributed by atoms with van der Waals surface area (Å²) in [5, 5.41) is 8.77. The molecule has 0 saturated heterocycles. The van der Waals surface area contributed by atoms with Crippen molar-refractivity contribution in [3.8, 4) is 0 Å².